The third-order valence-electron chi connectivity index (χ3n) is 8.03. The van der Waals surface area contributed by atoms with Crippen LogP contribution in [-0.4, -0.2) is 47.8 Å². The van der Waals surface area contributed by atoms with Crippen molar-refractivity contribution in [2.45, 2.75) is 38.3 Å². The van der Waals surface area contributed by atoms with Gasteiger partial charge in [0.25, 0.3) is 5.91 Å². The molecule has 0 radical (unpaired) electrons. The van der Waals surface area contributed by atoms with Gasteiger partial charge in [-0.2, -0.15) is 0 Å². The SMILES string of the molecule is Cl.O=C(NC(CCN1CCC2(CC1)CCN(Cc1ccc(Br)cc1)C2=O)c1cccc(Cl)c1)c1ccccc1. The zero-order valence-corrected chi connectivity index (χ0v) is 25.0. The maximum Gasteiger partial charge on any atom is 0.251 e. The molecule has 0 aromatic heterocycles. The van der Waals surface area contributed by atoms with Gasteiger partial charge in [0.1, 0.15) is 0 Å². The van der Waals surface area contributed by atoms with Crippen LogP contribution in [0.15, 0.2) is 83.3 Å². The van der Waals surface area contributed by atoms with Crippen LogP contribution in [0, 0.1) is 5.41 Å². The lowest BCUT2D eigenvalue weighted by molar-refractivity contribution is -0.138. The van der Waals surface area contributed by atoms with Crippen LogP contribution in [0.4, 0.5) is 0 Å². The van der Waals surface area contributed by atoms with Crippen LogP contribution in [-0.2, 0) is 11.3 Å². The summed E-state index contributed by atoms with van der Waals surface area (Å²) in [6.07, 6.45) is 3.49. The molecule has 5 rings (SSSR count). The summed E-state index contributed by atoms with van der Waals surface area (Å²) in [6, 6.07) is 25.1. The third-order valence-corrected chi connectivity index (χ3v) is 8.79. The largest absolute Gasteiger partial charge is 0.345 e. The number of piperidine rings is 1. The highest BCUT2D eigenvalue weighted by molar-refractivity contribution is 9.10. The predicted molar refractivity (Wildman–Crippen MR) is 162 cm³/mol. The number of likely N-dealkylation sites (tertiary alicyclic amines) is 2. The molecule has 0 saturated carbocycles. The normalized spacial score (nSPS) is 17.6. The van der Waals surface area contributed by atoms with Gasteiger partial charge in [-0.25, -0.2) is 0 Å². The van der Waals surface area contributed by atoms with Crippen molar-refractivity contribution in [3.05, 3.63) is 105 Å². The summed E-state index contributed by atoms with van der Waals surface area (Å²) in [4.78, 5) is 30.9. The molecule has 2 aliphatic rings. The van der Waals surface area contributed by atoms with E-state index in [0.717, 1.165) is 61.9 Å². The van der Waals surface area contributed by atoms with Crippen molar-refractivity contribution in [1.29, 1.82) is 0 Å². The second kappa shape index (κ2) is 13.3. The molecule has 2 fully saturated rings. The van der Waals surface area contributed by atoms with Crippen molar-refractivity contribution in [2.24, 2.45) is 5.41 Å². The first kappa shape index (κ1) is 29.6. The summed E-state index contributed by atoms with van der Waals surface area (Å²) in [7, 11) is 0. The number of hydrogen-bond acceptors (Lipinski definition) is 3. The minimum Gasteiger partial charge on any atom is -0.345 e. The molecule has 2 saturated heterocycles. The Bertz CT molecular complexity index is 1260. The van der Waals surface area contributed by atoms with Crippen LogP contribution in [0.5, 0.6) is 0 Å². The fraction of sp³-hybridized carbons (Fsp3) is 0.355. The molecular formula is C31H34BrCl2N3O2. The topological polar surface area (TPSA) is 52.7 Å². The van der Waals surface area contributed by atoms with Crippen LogP contribution in [0.1, 0.15) is 53.2 Å². The number of carbonyl (C=O) groups excluding carboxylic acids is 2. The van der Waals surface area contributed by atoms with Crippen molar-refractivity contribution in [3.63, 3.8) is 0 Å². The van der Waals surface area contributed by atoms with Gasteiger partial charge in [-0.1, -0.05) is 70.0 Å². The second-order valence-corrected chi connectivity index (χ2v) is 11.8. The Morgan fingerprint density at radius 3 is 2.33 bits per heavy atom. The van der Waals surface area contributed by atoms with Crippen LogP contribution in [0.25, 0.3) is 0 Å². The maximum atomic E-state index is 13.4. The highest BCUT2D eigenvalue weighted by Crippen LogP contribution is 2.42. The van der Waals surface area contributed by atoms with E-state index < -0.39 is 0 Å². The lowest BCUT2D eigenvalue weighted by Gasteiger charge is -2.38. The molecule has 8 heteroatoms. The number of rotatable bonds is 8. The first-order valence-electron chi connectivity index (χ1n) is 13.3. The number of halogens is 3. The Labute approximate surface area is 250 Å². The Morgan fingerprint density at radius 2 is 1.64 bits per heavy atom. The number of amides is 2. The molecule has 3 aromatic carbocycles. The van der Waals surface area contributed by atoms with E-state index in [2.05, 4.69) is 38.3 Å². The molecular weight excluding hydrogens is 597 g/mol. The van der Waals surface area contributed by atoms with E-state index in [0.29, 0.717) is 23.0 Å². The Morgan fingerprint density at radius 1 is 0.949 bits per heavy atom. The predicted octanol–water partition coefficient (Wildman–Crippen LogP) is 6.90. The van der Waals surface area contributed by atoms with E-state index in [4.69, 9.17) is 11.6 Å². The molecule has 1 atom stereocenters. The number of nitrogens with one attached hydrogen (secondary N) is 1. The van der Waals surface area contributed by atoms with E-state index >= 15 is 0 Å². The molecule has 39 heavy (non-hydrogen) atoms. The van der Waals surface area contributed by atoms with Crippen LogP contribution < -0.4 is 5.32 Å². The number of benzene rings is 3. The van der Waals surface area contributed by atoms with Gasteiger partial charge in [-0.15, -0.1) is 12.4 Å². The van der Waals surface area contributed by atoms with E-state index in [1.165, 1.54) is 5.56 Å². The van der Waals surface area contributed by atoms with Gasteiger partial charge in [0.15, 0.2) is 0 Å². The van der Waals surface area contributed by atoms with E-state index in [9.17, 15) is 9.59 Å². The first-order valence-corrected chi connectivity index (χ1v) is 14.5. The quantitative estimate of drug-likeness (QED) is 0.295. The summed E-state index contributed by atoms with van der Waals surface area (Å²) < 4.78 is 1.05. The molecule has 2 heterocycles. The highest BCUT2D eigenvalue weighted by atomic mass is 79.9. The lowest BCUT2D eigenvalue weighted by atomic mass is 9.77. The van der Waals surface area contributed by atoms with Gasteiger partial charge in [-0.05, 0) is 86.3 Å². The summed E-state index contributed by atoms with van der Waals surface area (Å²) in [5, 5.41) is 3.88. The average molecular weight is 631 g/mol. The Kier molecular flexibility index (Phi) is 10.1. The molecule has 0 aliphatic carbocycles. The van der Waals surface area contributed by atoms with Gasteiger partial charge >= 0.3 is 0 Å². The van der Waals surface area contributed by atoms with Gasteiger partial charge in [0, 0.05) is 34.7 Å². The average Bonchev–Trinajstić information content (AvgIpc) is 3.23. The first-order chi connectivity index (χ1) is 18.4. The lowest BCUT2D eigenvalue weighted by Crippen LogP contribution is -2.45. The maximum absolute atomic E-state index is 13.4. The molecule has 0 bridgehead atoms. The molecule has 1 spiro atoms. The zero-order chi connectivity index (χ0) is 26.5. The standard InChI is InChI=1S/C31H33BrClN3O2.ClH/c32-26-11-9-23(10-12-26)22-36-20-16-31(30(36)38)14-18-35(19-15-31)17-13-28(25-7-4-8-27(33)21-25)34-29(37)24-5-2-1-3-6-24;/h1-12,21,28H,13-20,22H2,(H,34,37);1H. The van der Waals surface area contributed by atoms with Crippen molar-refractivity contribution < 1.29 is 9.59 Å². The van der Waals surface area contributed by atoms with Crippen LogP contribution >= 0.6 is 39.9 Å². The Balaban J connectivity index is 0.00000353. The van der Waals surface area contributed by atoms with E-state index in [1.807, 2.05) is 71.6 Å². The van der Waals surface area contributed by atoms with Gasteiger partial charge in [0.05, 0.1) is 11.5 Å². The van der Waals surface area contributed by atoms with Gasteiger partial charge in [-0.3, -0.25) is 9.59 Å². The summed E-state index contributed by atoms with van der Waals surface area (Å²) in [6.45, 7) is 4.15. The fourth-order valence-electron chi connectivity index (χ4n) is 5.71. The van der Waals surface area contributed by atoms with Crippen molar-refractivity contribution in [3.8, 4) is 0 Å². The van der Waals surface area contributed by atoms with Crippen LogP contribution in [0.3, 0.4) is 0 Å². The van der Waals surface area contributed by atoms with Gasteiger partial charge in [0.2, 0.25) is 5.91 Å². The van der Waals surface area contributed by atoms with Gasteiger partial charge < -0.3 is 15.1 Å². The summed E-state index contributed by atoms with van der Waals surface area (Å²) in [5.74, 6) is 0.225. The van der Waals surface area contributed by atoms with Crippen molar-refractivity contribution >= 4 is 51.8 Å². The molecule has 5 nitrogen and oxygen atoms in total. The number of carbonyl (C=O) groups is 2. The molecule has 3 aromatic rings. The molecule has 2 amide bonds. The molecule has 206 valence electrons. The molecule has 2 aliphatic heterocycles. The number of nitrogens with zero attached hydrogens (tertiary/aromatic N) is 2. The zero-order valence-electron chi connectivity index (χ0n) is 21.8. The monoisotopic (exact) mass is 629 g/mol. The third kappa shape index (κ3) is 7.23. The molecule has 1 unspecified atom stereocenters. The van der Waals surface area contributed by atoms with Crippen molar-refractivity contribution in [2.75, 3.05) is 26.2 Å². The minimum atomic E-state index is -0.222. The molecule has 1 N–H and O–H groups in total. The minimum absolute atomic E-state index is 0. The highest BCUT2D eigenvalue weighted by Gasteiger charge is 2.47. The van der Waals surface area contributed by atoms with Crippen molar-refractivity contribution in [1.82, 2.24) is 15.1 Å². The van der Waals surface area contributed by atoms with Crippen LogP contribution in [0.2, 0.25) is 5.02 Å². The summed E-state index contributed by atoms with van der Waals surface area (Å²) >= 11 is 9.76. The second-order valence-electron chi connectivity index (χ2n) is 10.5. The summed E-state index contributed by atoms with van der Waals surface area (Å²) in [5.41, 5.74) is 2.59. The van der Waals surface area contributed by atoms with E-state index in [1.54, 1.807) is 0 Å². The smallest absolute Gasteiger partial charge is 0.251 e. The fourth-order valence-corrected chi connectivity index (χ4v) is 6.17. The number of hydrogen-bond donors (Lipinski definition) is 1. The Hall–Kier alpha value is -2.38. The van der Waals surface area contributed by atoms with E-state index in [-0.39, 0.29) is 29.8 Å².